The maximum atomic E-state index is 14.2. The molecule has 2 heterocycles. The second-order valence-corrected chi connectivity index (χ2v) is 12.5. The smallest absolute Gasteiger partial charge is 0.338 e. The molecule has 262 valence electrons. The van der Waals surface area contributed by atoms with Crippen molar-refractivity contribution >= 4 is 29.4 Å². The van der Waals surface area contributed by atoms with Crippen LogP contribution in [0, 0.1) is 0 Å². The van der Waals surface area contributed by atoms with Gasteiger partial charge in [0.1, 0.15) is 6.61 Å². The minimum Gasteiger partial charge on any atom is -0.493 e. The lowest BCUT2D eigenvalue weighted by Crippen LogP contribution is -2.40. The van der Waals surface area contributed by atoms with Gasteiger partial charge in [0.2, 0.25) is 0 Å². The van der Waals surface area contributed by atoms with Crippen molar-refractivity contribution in [2.45, 2.75) is 53.4 Å². The van der Waals surface area contributed by atoms with Crippen molar-refractivity contribution in [2.75, 3.05) is 27.4 Å². The van der Waals surface area contributed by atoms with E-state index in [2.05, 4.69) is 4.99 Å². The minimum atomic E-state index is -0.814. The van der Waals surface area contributed by atoms with Crippen molar-refractivity contribution in [1.82, 2.24) is 4.57 Å². The number of carbonyl (C=O) groups excluding carboxylic acids is 2. The molecule has 1 aliphatic heterocycles. The van der Waals surface area contributed by atoms with Gasteiger partial charge in [-0.25, -0.2) is 14.6 Å². The van der Waals surface area contributed by atoms with Gasteiger partial charge >= 0.3 is 11.9 Å². The Balaban J connectivity index is 1.49. The first-order chi connectivity index (χ1) is 24.1. The number of carbonyl (C=O) groups is 2. The van der Waals surface area contributed by atoms with Crippen LogP contribution in [0.5, 0.6) is 23.0 Å². The fraction of sp³-hybridized carbons (Fsp3) is 0.316. The molecule has 5 rings (SSSR count). The highest BCUT2D eigenvalue weighted by Gasteiger charge is 2.34. The van der Waals surface area contributed by atoms with E-state index in [1.807, 2.05) is 26.0 Å². The molecule has 12 heteroatoms. The number of esters is 2. The fourth-order valence-electron chi connectivity index (χ4n) is 5.47. The topological polar surface area (TPSA) is 124 Å². The van der Waals surface area contributed by atoms with Crippen LogP contribution in [0.1, 0.15) is 67.7 Å². The van der Waals surface area contributed by atoms with Gasteiger partial charge in [0.15, 0.2) is 27.8 Å². The molecule has 0 N–H and O–H groups in total. The summed E-state index contributed by atoms with van der Waals surface area (Å²) in [4.78, 5) is 44.6. The standard InChI is InChI=1S/C38H40N2O9S/c1-8-46-36(42)26-13-10-24(11-14-26)21-48-28-16-12-25(18-30(28)44-6)19-32-35(41)40-34(27-15-17-29(49-22(3)4)31(20-27)45-7)33(37(43)47-9-2)23(5)39-38(40)50-32/h10-20,22,34H,8-9,21H2,1-7H3/b32-19+/t34-/m0/s1. The molecule has 0 radical (unpaired) electrons. The number of aromatic nitrogens is 1. The highest BCUT2D eigenvalue weighted by molar-refractivity contribution is 7.07. The van der Waals surface area contributed by atoms with Gasteiger partial charge in [0, 0.05) is 0 Å². The Hall–Kier alpha value is -5.36. The quantitative estimate of drug-likeness (QED) is 0.170. The van der Waals surface area contributed by atoms with E-state index in [0.717, 1.165) is 5.56 Å². The average molecular weight is 701 g/mol. The maximum Gasteiger partial charge on any atom is 0.338 e. The summed E-state index contributed by atoms with van der Waals surface area (Å²) in [6.07, 6.45) is 1.67. The second kappa shape index (κ2) is 15.9. The summed E-state index contributed by atoms with van der Waals surface area (Å²) in [5, 5.41) is 0. The molecule has 0 aliphatic carbocycles. The number of thiazole rings is 1. The third kappa shape index (κ3) is 7.76. The molecule has 0 amide bonds. The molecule has 4 aromatic rings. The summed E-state index contributed by atoms with van der Waals surface area (Å²) >= 11 is 1.22. The number of rotatable bonds is 13. The van der Waals surface area contributed by atoms with E-state index in [1.54, 1.807) is 89.6 Å². The van der Waals surface area contributed by atoms with Crippen LogP contribution in [-0.4, -0.2) is 50.0 Å². The van der Waals surface area contributed by atoms with Gasteiger partial charge in [0.25, 0.3) is 5.56 Å². The Morgan fingerprint density at radius 1 is 0.880 bits per heavy atom. The van der Waals surface area contributed by atoms with Crippen molar-refractivity contribution in [3.05, 3.63) is 114 Å². The molecule has 0 bridgehead atoms. The van der Waals surface area contributed by atoms with Crippen LogP contribution in [0.15, 0.2) is 81.7 Å². The predicted octanol–water partition coefficient (Wildman–Crippen LogP) is 5.36. The first kappa shape index (κ1) is 35.9. The van der Waals surface area contributed by atoms with E-state index in [0.29, 0.717) is 61.3 Å². The van der Waals surface area contributed by atoms with Crippen molar-refractivity contribution in [3.8, 4) is 23.0 Å². The first-order valence-electron chi connectivity index (χ1n) is 16.2. The molecule has 0 saturated carbocycles. The molecule has 0 spiro atoms. The third-order valence-electron chi connectivity index (χ3n) is 7.73. The van der Waals surface area contributed by atoms with Gasteiger partial charge in [-0.1, -0.05) is 35.6 Å². The minimum absolute atomic E-state index is 0.0830. The molecule has 1 aromatic heterocycles. The van der Waals surface area contributed by atoms with Gasteiger partial charge in [-0.15, -0.1) is 0 Å². The van der Waals surface area contributed by atoms with E-state index in [4.69, 9.17) is 28.4 Å². The van der Waals surface area contributed by atoms with Crippen molar-refractivity contribution < 1.29 is 38.0 Å². The van der Waals surface area contributed by atoms with Crippen LogP contribution >= 0.6 is 11.3 Å². The third-order valence-corrected chi connectivity index (χ3v) is 8.71. The Bertz CT molecular complexity index is 2100. The summed E-state index contributed by atoms with van der Waals surface area (Å²) in [6, 6.07) is 16.9. The van der Waals surface area contributed by atoms with Crippen LogP contribution < -0.4 is 33.8 Å². The van der Waals surface area contributed by atoms with Crippen molar-refractivity contribution in [2.24, 2.45) is 4.99 Å². The van der Waals surface area contributed by atoms with Crippen LogP contribution in [0.25, 0.3) is 6.08 Å². The lowest BCUT2D eigenvalue weighted by molar-refractivity contribution is -0.139. The largest absolute Gasteiger partial charge is 0.493 e. The zero-order chi connectivity index (χ0) is 35.9. The van der Waals surface area contributed by atoms with Gasteiger partial charge in [-0.2, -0.15) is 0 Å². The van der Waals surface area contributed by atoms with E-state index < -0.39 is 12.0 Å². The summed E-state index contributed by atoms with van der Waals surface area (Å²) in [5.74, 6) is 1.08. The Morgan fingerprint density at radius 2 is 1.54 bits per heavy atom. The number of benzene rings is 3. The number of hydrogen-bond acceptors (Lipinski definition) is 11. The molecule has 1 aliphatic rings. The normalized spacial score (nSPS) is 14.2. The van der Waals surface area contributed by atoms with E-state index in [1.165, 1.54) is 15.9 Å². The number of allylic oxidation sites excluding steroid dienone is 1. The van der Waals surface area contributed by atoms with E-state index in [9.17, 15) is 14.4 Å². The summed E-state index contributed by atoms with van der Waals surface area (Å²) in [6.45, 7) is 9.79. The Labute approximate surface area is 294 Å². The molecule has 0 unspecified atom stereocenters. The molecule has 0 saturated heterocycles. The van der Waals surface area contributed by atoms with Gasteiger partial charge in [-0.3, -0.25) is 9.36 Å². The van der Waals surface area contributed by atoms with E-state index >= 15 is 0 Å². The maximum absolute atomic E-state index is 14.2. The second-order valence-electron chi connectivity index (χ2n) is 11.5. The number of ether oxygens (including phenoxy) is 6. The molecule has 1 atom stereocenters. The van der Waals surface area contributed by atoms with Gasteiger partial charge in [0.05, 0.1) is 60.9 Å². The lowest BCUT2D eigenvalue weighted by atomic mass is 9.95. The Morgan fingerprint density at radius 3 is 2.20 bits per heavy atom. The van der Waals surface area contributed by atoms with Crippen LogP contribution in [0.2, 0.25) is 0 Å². The summed E-state index contributed by atoms with van der Waals surface area (Å²) in [7, 11) is 3.08. The highest BCUT2D eigenvalue weighted by Crippen LogP contribution is 2.36. The average Bonchev–Trinajstić information content (AvgIpc) is 3.40. The molecular formula is C38H40N2O9S. The molecule has 50 heavy (non-hydrogen) atoms. The number of methoxy groups -OCH3 is 2. The van der Waals surface area contributed by atoms with Crippen LogP contribution in [0.4, 0.5) is 0 Å². The first-order valence-corrected chi connectivity index (χ1v) is 17.0. The monoisotopic (exact) mass is 700 g/mol. The fourth-order valence-corrected chi connectivity index (χ4v) is 6.52. The molecule has 3 aromatic carbocycles. The predicted molar refractivity (Wildman–Crippen MR) is 189 cm³/mol. The summed E-state index contributed by atoms with van der Waals surface area (Å²) in [5.41, 5.74) is 3.08. The highest BCUT2D eigenvalue weighted by atomic mass is 32.1. The van der Waals surface area contributed by atoms with Crippen molar-refractivity contribution in [3.63, 3.8) is 0 Å². The Kier molecular flexibility index (Phi) is 11.4. The van der Waals surface area contributed by atoms with Gasteiger partial charge in [-0.05, 0) is 93.8 Å². The zero-order valence-corrected chi connectivity index (χ0v) is 29.9. The zero-order valence-electron chi connectivity index (χ0n) is 29.1. The van der Waals surface area contributed by atoms with Crippen LogP contribution in [0.3, 0.4) is 0 Å². The SMILES string of the molecule is CCOC(=O)C1=C(C)N=c2s/c(=C/c3ccc(OCc4ccc(C(=O)OCC)cc4)c(OC)c3)c(=O)n2[C@H]1c1ccc(OC(C)C)c(OC)c1. The van der Waals surface area contributed by atoms with Crippen LogP contribution in [-0.2, 0) is 20.9 Å². The lowest BCUT2D eigenvalue weighted by Gasteiger charge is -2.25. The molecular weight excluding hydrogens is 660 g/mol. The van der Waals surface area contributed by atoms with Gasteiger partial charge < -0.3 is 28.4 Å². The van der Waals surface area contributed by atoms with E-state index in [-0.39, 0.29) is 36.4 Å². The number of fused-ring (bicyclic) bond motifs is 1. The number of nitrogens with zero attached hydrogens (tertiary/aromatic N) is 2. The molecule has 11 nitrogen and oxygen atoms in total. The van der Waals surface area contributed by atoms with Crippen molar-refractivity contribution in [1.29, 1.82) is 0 Å². The molecule has 0 fully saturated rings. The number of hydrogen-bond donors (Lipinski definition) is 0. The summed E-state index contributed by atoms with van der Waals surface area (Å²) < 4.78 is 35.6.